The standard InChI is InChI=1S/C14H21N3O2/c1-4-5-12(19-13(16)18)11-8-10(6-7-17-11)14(2,3)9-15/h4,6-8,12H,1,5,9,15H2,2-3H3,(H2,16,18)/t12-/m0/s1. The Hall–Kier alpha value is -1.88. The van der Waals surface area contributed by atoms with Gasteiger partial charge in [-0.2, -0.15) is 0 Å². The van der Waals surface area contributed by atoms with Gasteiger partial charge in [-0.3, -0.25) is 4.98 Å². The monoisotopic (exact) mass is 263 g/mol. The van der Waals surface area contributed by atoms with Gasteiger partial charge in [0.2, 0.25) is 0 Å². The van der Waals surface area contributed by atoms with Crippen LogP contribution in [0.15, 0.2) is 31.0 Å². The highest BCUT2D eigenvalue weighted by Gasteiger charge is 2.22. The molecule has 1 rings (SSSR count). The molecular weight excluding hydrogens is 242 g/mol. The van der Waals surface area contributed by atoms with Gasteiger partial charge >= 0.3 is 6.09 Å². The number of rotatable bonds is 6. The second-order valence-electron chi connectivity index (χ2n) is 5.01. The molecule has 1 amide bonds. The number of pyridine rings is 1. The second-order valence-corrected chi connectivity index (χ2v) is 5.01. The van der Waals surface area contributed by atoms with Crippen molar-refractivity contribution in [3.63, 3.8) is 0 Å². The summed E-state index contributed by atoms with van der Waals surface area (Å²) < 4.78 is 5.05. The zero-order chi connectivity index (χ0) is 14.5. The smallest absolute Gasteiger partial charge is 0.405 e. The van der Waals surface area contributed by atoms with Crippen LogP contribution in [0.3, 0.4) is 0 Å². The Balaban J connectivity index is 3.07. The lowest BCUT2D eigenvalue weighted by Crippen LogP contribution is -2.28. The minimum Gasteiger partial charge on any atom is -0.440 e. The molecule has 0 unspecified atom stereocenters. The van der Waals surface area contributed by atoms with Crippen LogP contribution in [0.2, 0.25) is 0 Å². The van der Waals surface area contributed by atoms with Crippen molar-refractivity contribution in [3.8, 4) is 0 Å². The third kappa shape index (κ3) is 4.06. The number of carbonyl (C=O) groups is 1. The minimum absolute atomic E-state index is 0.164. The van der Waals surface area contributed by atoms with Crippen molar-refractivity contribution in [1.29, 1.82) is 0 Å². The van der Waals surface area contributed by atoms with E-state index in [0.29, 0.717) is 18.7 Å². The van der Waals surface area contributed by atoms with Gasteiger partial charge in [0.1, 0.15) is 6.10 Å². The van der Waals surface area contributed by atoms with Crippen LogP contribution in [0.25, 0.3) is 0 Å². The molecule has 0 aromatic carbocycles. The Morgan fingerprint density at radius 1 is 1.63 bits per heavy atom. The molecule has 1 aromatic heterocycles. The third-order valence-corrected chi connectivity index (χ3v) is 3.04. The molecule has 0 fully saturated rings. The number of hydrogen-bond donors (Lipinski definition) is 2. The fourth-order valence-electron chi connectivity index (χ4n) is 1.68. The van der Waals surface area contributed by atoms with Crippen LogP contribution in [-0.2, 0) is 10.2 Å². The molecule has 5 heteroatoms. The van der Waals surface area contributed by atoms with E-state index in [0.717, 1.165) is 5.56 Å². The largest absolute Gasteiger partial charge is 0.440 e. The summed E-state index contributed by atoms with van der Waals surface area (Å²) in [6.07, 6.45) is 2.47. The van der Waals surface area contributed by atoms with Crippen molar-refractivity contribution in [3.05, 3.63) is 42.2 Å². The van der Waals surface area contributed by atoms with Crippen molar-refractivity contribution < 1.29 is 9.53 Å². The lowest BCUT2D eigenvalue weighted by molar-refractivity contribution is 0.106. The summed E-state index contributed by atoms with van der Waals surface area (Å²) in [5.74, 6) is 0. The van der Waals surface area contributed by atoms with Gasteiger partial charge < -0.3 is 16.2 Å². The van der Waals surface area contributed by atoms with Crippen LogP contribution >= 0.6 is 0 Å². The lowest BCUT2D eigenvalue weighted by Gasteiger charge is -2.24. The number of amides is 1. The van der Waals surface area contributed by atoms with Crippen LogP contribution in [0.4, 0.5) is 4.79 Å². The molecule has 0 aliphatic heterocycles. The molecule has 0 spiro atoms. The topological polar surface area (TPSA) is 91.2 Å². The Kier molecular flexibility index (Phi) is 5.06. The summed E-state index contributed by atoms with van der Waals surface area (Å²) in [6, 6.07) is 3.80. The summed E-state index contributed by atoms with van der Waals surface area (Å²) in [5, 5.41) is 0. The van der Waals surface area contributed by atoms with Crippen molar-refractivity contribution >= 4 is 6.09 Å². The highest BCUT2D eigenvalue weighted by Crippen LogP contribution is 2.26. The summed E-state index contributed by atoms with van der Waals surface area (Å²) in [4.78, 5) is 15.2. The third-order valence-electron chi connectivity index (χ3n) is 3.04. The Labute approximate surface area is 113 Å². The molecule has 1 heterocycles. The van der Waals surface area contributed by atoms with E-state index in [-0.39, 0.29) is 5.41 Å². The molecule has 1 aromatic rings. The van der Waals surface area contributed by atoms with Gasteiger partial charge in [-0.05, 0) is 17.7 Å². The molecule has 0 saturated carbocycles. The quantitative estimate of drug-likeness (QED) is 0.768. The van der Waals surface area contributed by atoms with Crippen LogP contribution in [-0.4, -0.2) is 17.6 Å². The van der Waals surface area contributed by atoms with Gasteiger partial charge in [0.05, 0.1) is 5.69 Å². The highest BCUT2D eigenvalue weighted by molar-refractivity contribution is 5.65. The number of nitrogens with two attached hydrogens (primary N) is 2. The second kappa shape index (κ2) is 6.33. The first kappa shape index (κ1) is 15.2. The maximum Gasteiger partial charge on any atom is 0.405 e. The van der Waals surface area contributed by atoms with Gasteiger partial charge in [-0.25, -0.2) is 4.79 Å². The van der Waals surface area contributed by atoms with Gasteiger partial charge in [-0.1, -0.05) is 19.9 Å². The predicted molar refractivity (Wildman–Crippen MR) is 74.5 cm³/mol. The molecule has 5 nitrogen and oxygen atoms in total. The number of aromatic nitrogens is 1. The molecule has 0 aliphatic carbocycles. The Morgan fingerprint density at radius 2 is 2.32 bits per heavy atom. The summed E-state index contributed by atoms with van der Waals surface area (Å²) >= 11 is 0. The van der Waals surface area contributed by atoms with E-state index < -0.39 is 12.2 Å². The van der Waals surface area contributed by atoms with E-state index >= 15 is 0 Å². The molecule has 4 N–H and O–H groups in total. The van der Waals surface area contributed by atoms with Crippen molar-refractivity contribution in [2.75, 3.05) is 6.54 Å². The van der Waals surface area contributed by atoms with Crippen LogP contribution in [0, 0.1) is 0 Å². The average molecular weight is 263 g/mol. The van der Waals surface area contributed by atoms with Crippen LogP contribution in [0.1, 0.15) is 37.6 Å². The molecule has 1 atom stereocenters. The van der Waals surface area contributed by atoms with E-state index in [1.54, 1.807) is 12.3 Å². The normalized spacial score (nSPS) is 12.8. The van der Waals surface area contributed by atoms with E-state index in [4.69, 9.17) is 16.2 Å². The van der Waals surface area contributed by atoms with E-state index in [2.05, 4.69) is 11.6 Å². The van der Waals surface area contributed by atoms with Gasteiger partial charge in [0.15, 0.2) is 0 Å². The van der Waals surface area contributed by atoms with E-state index in [1.165, 1.54) is 0 Å². The predicted octanol–water partition coefficient (Wildman–Crippen LogP) is 2.03. The van der Waals surface area contributed by atoms with E-state index in [1.807, 2.05) is 26.0 Å². The molecule has 104 valence electrons. The van der Waals surface area contributed by atoms with Crippen molar-refractivity contribution in [2.45, 2.75) is 31.8 Å². The summed E-state index contributed by atoms with van der Waals surface area (Å²) in [5.41, 5.74) is 12.4. The number of carbonyl (C=O) groups excluding carboxylic acids is 1. The van der Waals surface area contributed by atoms with Crippen LogP contribution < -0.4 is 11.5 Å². The highest BCUT2D eigenvalue weighted by atomic mass is 16.6. The molecule has 0 saturated heterocycles. The van der Waals surface area contributed by atoms with Crippen LogP contribution in [0.5, 0.6) is 0 Å². The molecule has 19 heavy (non-hydrogen) atoms. The van der Waals surface area contributed by atoms with E-state index in [9.17, 15) is 4.79 Å². The maximum absolute atomic E-state index is 10.9. The number of hydrogen-bond acceptors (Lipinski definition) is 4. The molecule has 0 aliphatic rings. The number of ether oxygens (including phenoxy) is 1. The fraction of sp³-hybridized carbons (Fsp3) is 0.429. The number of nitrogens with zero attached hydrogens (tertiary/aromatic N) is 1. The van der Waals surface area contributed by atoms with Crippen molar-refractivity contribution in [1.82, 2.24) is 4.98 Å². The van der Waals surface area contributed by atoms with Gasteiger partial charge in [-0.15, -0.1) is 6.58 Å². The molecule has 0 bridgehead atoms. The SMILES string of the molecule is C=CC[C@H](OC(N)=O)c1cc(C(C)(C)CN)ccn1. The summed E-state index contributed by atoms with van der Waals surface area (Å²) in [7, 11) is 0. The molecular formula is C14H21N3O2. The number of primary amides is 1. The lowest BCUT2D eigenvalue weighted by atomic mass is 9.85. The first-order valence-corrected chi connectivity index (χ1v) is 6.14. The first-order valence-electron chi connectivity index (χ1n) is 6.14. The summed E-state index contributed by atoms with van der Waals surface area (Å²) in [6.45, 7) is 8.24. The zero-order valence-electron chi connectivity index (χ0n) is 11.4. The maximum atomic E-state index is 10.9. The Morgan fingerprint density at radius 3 is 2.84 bits per heavy atom. The fourth-order valence-corrected chi connectivity index (χ4v) is 1.68. The van der Waals surface area contributed by atoms with Crippen molar-refractivity contribution in [2.24, 2.45) is 11.5 Å². The average Bonchev–Trinajstić information content (AvgIpc) is 2.38. The minimum atomic E-state index is -0.822. The van der Waals surface area contributed by atoms with Gasteiger partial charge in [0.25, 0.3) is 0 Å². The first-order chi connectivity index (χ1) is 8.90. The zero-order valence-corrected chi connectivity index (χ0v) is 11.4. The Bertz CT molecular complexity index is 458. The molecule has 0 radical (unpaired) electrons. The van der Waals surface area contributed by atoms with Gasteiger partial charge in [0, 0.05) is 24.6 Å².